The highest BCUT2D eigenvalue weighted by Crippen LogP contribution is 2.51. The molecular formula is C66H43N5O. The van der Waals surface area contributed by atoms with E-state index in [0.717, 1.165) is 77.6 Å². The zero-order valence-corrected chi connectivity index (χ0v) is 39.5. The highest BCUT2D eigenvalue weighted by molar-refractivity contribution is 6.18. The summed E-state index contributed by atoms with van der Waals surface area (Å²) in [7, 11) is 0. The van der Waals surface area contributed by atoms with Crippen molar-refractivity contribution in [1.82, 2.24) is 24.1 Å². The first-order valence-corrected chi connectivity index (χ1v) is 24.6. The lowest BCUT2D eigenvalue weighted by atomic mass is 9.82. The molecule has 6 heteroatoms. The smallest absolute Gasteiger partial charge is 0.164 e. The lowest BCUT2D eigenvalue weighted by Gasteiger charge is -2.21. The minimum Gasteiger partial charge on any atom is -0.456 e. The third-order valence-corrected chi connectivity index (χ3v) is 15.1. The van der Waals surface area contributed by atoms with Crippen molar-refractivity contribution in [3.8, 4) is 67.8 Å². The van der Waals surface area contributed by atoms with E-state index in [1.807, 2.05) is 60.7 Å². The van der Waals surface area contributed by atoms with Gasteiger partial charge in [0.2, 0.25) is 0 Å². The number of nitrogens with zero attached hydrogens (tertiary/aromatic N) is 5. The van der Waals surface area contributed by atoms with Crippen LogP contribution in [0.25, 0.3) is 133 Å². The summed E-state index contributed by atoms with van der Waals surface area (Å²) in [5.74, 6) is 1.87. The highest BCUT2D eigenvalue weighted by Gasteiger charge is 2.36. The van der Waals surface area contributed by atoms with Crippen LogP contribution < -0.4 is 0 Å². The summed E-state index contributed by atoms with van der Waals surface area (Å²) in [6, 6.07) is 80.1. The van der Waals surface area contributed by atoms with Gasteiger partial charge in [-0.2, -0.15) is 0 Å². The number of rotatable bonds is 6. The Bertz CT molecular complexity index is 4470. The molecule has 338 valence electrons. The molecule has 0 atom stereocenters. The molecule has 4 heterocycles. The molecule has 0 bridgehead atoms. The van der Waals surface area contributed by atoms with Crippen molar-refractivity contribution in [2.24, 2.45) is 0 Å². The van der Waals surface area contributed by atoms with Crippen molar-refractivity contribution < 1.29 is 4.42 Å². The second-order valence-electron chi connectivity index (χ2n) is 19.6. The van der Waals surface area contributed by atoms with Gasteiger partial charge < -0.3 is 13.6 Å². The predicted molar refractivity (Wildman–Crippen MR) is 295 cm³/mol. The van der Waals surface area contributed by atoms with Crippen LogP contribution in [0.2, 0.25) is 0 Å². The summed E-state index contributed by atoms with van der Waals surface area (Å²) in [6.07, 6.45) is 0. The van der Waals surface area contributed by atoms with Gasteiger partial charge in [-0.15, -0.1) is 0 Å². The van der Waals surface area contributed by atoms with Gasteiger partial charge in [0.15, 0.2) is 17.5 Å². The molecule has 14 aromatic rings. The molecule has 0 amide bonds. The van der Waals surface area contributed by atoms with Crippen LogP contribution in [0.1, 0.15) is 25.0 Å². The molecule has 0 fully saturated rings. The Balaban J connectivity index is 0.872. The van der Waals surface area contributed by atoms with Crippen LogP contribution in [-0.4, -0.2) is 24.1 Å². The number of hydrogen-bond acceptors (Lipinski definition) is 4. The molecular weight excluding hydrogens is 879 g/mol. The third kappa shape index (κ3) is 6.05. The summed E-state index contributed by atoms with van der Waals surface area (Å²) < 4.78 is 11.5. The summed E-state index contributed by atoms with van der Waals surface area (Å²) in [5.41, 5.74) is 18.8. The average molecular weight is 922 g/mol. The highest BCUT2D eigenvalue weighted by atomic mass is 16.3. The minimum absolute atomic E-state index is 0.102. The molecule has 1 aliphatic carbocycles. The topological polar surface area (TPSA) is 61.7 Å². The van der Waals surface area contributed by atoms with Gasteiger partial charge in [-0.05, 0) is 106 Å². The Morgan fingerprint density at radius 1 is 0.319 bits per heavy atom. The van der Waals surface area contributed by atoms with E-state index in [1.54, 1.807) is 0 Å². The van der Waals surface area contributed by atoms with Crippen molar-refractivity contribution in [3.05, 3.63) is 236 Å². The molecule has 4 aromatic heterocycles. The van der Waals surface area contributed by atoms with Gasteiger partial charge in [-0.3, -0.25) is 0 Å². The van der Waals surface area contributed by atoms with E-state index in [0.29, 0.717) is 17.5 Å². The van der Waals surface area contributed by atoms with Crippen LogP contribution in [0.5, 0.6) is 0 Å². The number of fused-ring (bicyclic) bond motifs is 12. The van der Waals surface area contributed by atoms with Crippen LogP contribution in [-0.2, 0) is 5.41 Å². The van der Waals surface area contributed by atoms with Crippen LogP contribution >= 0.6 is 0 Å². The summed E-state index contributed by atoms with van der Waals surface area (Å²) in [4.78, 5) is 15.1. The maximum atomic E-state index is 6.77. The molecule has 72 heavy (non-hydrogen) atoms. The fraction of sp³-hybridized carbons (Fsp3) is 0.0455. The van der Waals surface area contributed by atoms with E-state index < -0.39 is 0 Å². The Morgan fingerprint density at radius 2 is 0.861 bits per heavy atom. The maximum Gasteiger partial charge on any atom is 0.164 e. The largest absolute Gasteiger partial charge is 0.456 e. The van der Waals surface area contributed by atoms with E-state index in [2.05, 4.69) is 187 Å². The predicted octanol–water partition coefficient (Wildman–Crippen LogP) is 16.9. The number of furan rings is 1. The van der Waals surface area contributed by atoms with Crippen molar-refractivity contribution >= 4 is 65.6 Å². The van der Waals surface area contributed by atoms with E-state index in [-0.39, 0.29) is 5.41 Å². The van der Waals surface area contributed by atoms with Crippen LogP contribution in [0.4, 0.5) is 0 Å². The van der Waals surface area contributed by atoms with Gasteiger partial charge in [0, 0.05) is 71.9 Å². The molecule has 6 nitrogen and oxygen atoms in total. The second-order valence-corrected chi connectivity index (χ2v) is 19.6. The molecule has 15 rings (SSSR count). The lowest BCUT2D eigenvalue weighted by Crippen LogP contribution is -2.14. The Kier molecular flexibility index (Phi) is 8.61. The first-order chi connectivity index (χ1) is 35.4. The van der Waals surface area contributed by atoms with Crippen molar-refractivity contribution in [3.63, 3.8) is 0 Å². The zero-order chi connectivity index (χ0) is 47.7. The molecule has 1 aliphatic rings. The Labute approximate surface area is 414 Å². The second kappa shape index (κ2) is 15.3. The normalized spacial score (nSPS) is 13.0. The van der Waals surface area contributed by atoms with E-state index in [9.17, 15) is 0 Å². The molecule has 0 unspecified atom stereocenters. The van der Waals surface area contributed by atoms with E-state index in [4.69, 9.17) is 19.4 Å². The first-order valence-electron chi connectivity index (χ1n) is 24.6. The quantitative estimate of drug-likeness (QED) is 0.167. The van der Waals surface area contributed by atoms with Crippen molar-refractivity contribution in [2.45, 2.75) is 19.3 Å². The van der Waals surface area contributed by atoms with Crippen LogP contribution in [0, 0.1) is 0 Å². The van der Waals surface area contributed by atoms with Gasteiger partial charge in [-0.25, -0.2) is 15.0 Å². The molecule has 0 saturated carbocycles. The molecule has 0 radical (unpaired) electrons. The number of hydrogen-bond donors (Lipinski definition) is 0. The van der Waals surface area contributed by atoms with Gasteiger partial charge in [-0.1, -0.05) is 159 Å². The number of aromatic nitrogens is 5. The first kappa shape index (κ1) is 40.5. The lowest BCUT2D eigenvalue weighted by molar-refractivity contribution is 0.661. The monoisotopic (exact) mass is 921 g/mol. The van der Waals surface area contributed by atoms with E-state index >= 15 is 0 Å². The summed E-state index contributed by atoms with van der Waals surface area (Å²) in [5, 5.41) is 6.98. The van der Waals surface area contributed by atoms with Gasteiger partial charge in [0.1, 0.15) is 11.2 Å². The zero-order valence-electron chi connectivity index (χ0n) is 39.5. The van der Waals surface area contributed by atoms with Crippen LogP contribution in [0.3, 0.4) is 0 Å². The summed E-state index contributed by atoms with van der Waals surface area (Å²) in [6.45, 7) is 4.72. The minimum atomic E-state index is -0.102. The van der Waals surface area contributed by atoms with Crippen molar-refractivity contribution in [2.75, 3.05) is 0 Å². The molecule has 0 saturated heterocycles. The maximum absolute atomic E-state index is 6.77. The average Bonchev–Trinajstić information content (AvgIpc) is 4.14. The summed E-state index contributed by atoms with van der Waals surface area (Å²) >= 11 is 0. The van der Waals surface area contributed by atoms with Crippen molar-refractivity contribution in [1.29, 1.82) is 0 Å². The third-order valence-electron chi connectivity index (χ3n) is 15.1. The molecule has 0 aliphatic heterocycles. The van der Waals surface area contributed by atoms with Crippen LogP contribution in [0.15, 0.2) is 229 Å². The Morgan fingerprint density at radius 3 is 1.62 bits per heavy atom. The number of para-hydroxylation sites is 2. The molecule has 10 aromatic carbocycles. The molecule has 0 N–H and O–H groups in total. The standard InChI is InChI=1S/C66H43N5O/c1-66(2)55-27-14-12-25-47(55)49-36-52-50-34-42(29-31-58(50)70(59(52)38-56(49)66)45-22-10-5-11-23-45)43-30-32-61-53(35-43)54-37-51-48-26-13-15-28-57(48)71(60(51)39-62(54)72-61)46-24-16-21-44(33-46)65-68-63(40-17-6-3-7-18-40)67-64(69-65)41-19-8-4-9-20-41/h3-39H,1-2H3. The molecule has 0 spiro atoms. The Hall–Kier alpha value is -9.39. The fourth-order valence-corrected chi connectivity index (χ4v) is 11.7. The fourth-order valence-electron chi connectivity index (χ4n) is 11.7. The van der Waals surface area contributed by atoms with E-state index in [1.165, 1.54) is 49.4 Å². The number of benzene rings is 10. The van der Waals surface area contributed by atoms with Gasteiger partial charge in [0.25, 0.3) is 0 Å². The SMILES string of the molecule is CC1(C)c2ccccc2-c2cc3c4cc(-c5ccc6oc7cc8c(cc7c6c5)c5ccccc5n8-c5cccc(-c6nc(-c7ccccc7)nc(-c7ccccc7)n6)c5)ccc4n(-c4ccccc4)c3cc21. The van der Waals surface area contributed by atoms with Gasteiger partial charge >= 0.3 is 0 Å². The van der Waals surface area contributed by atoms with Gasteiger partial charge in [0.05, 0.1) is 22.1 Å².